The molecule has 1 atom stereocenters. The van der Waals surface area contributed by atoms with E-state index in [2.05, 4.69) is 34.4 Å². The number of aromatic nitrogens is 2. The van der Waals surface area contributed by atoms with E-state index in [-0.39, 0.29) is 0 Å². The third-order valence-corrected chi connectivity index (χ3v) is 4.27. The highest BCUT2D eigenvalue weighted by Gasteiger charge is 2.18. The van der Waals surface area contributed by atoms with Crippen LogP contribution < -0.4 is 10.6 Å². The van der Waals surface area contributed by atoms with Gasteiger partial charge in [-0.3, -0.25) is 0 Å². The minimum absolute atomic E-state index is 0.564. The first-order valence-corrected chi connectivity index (χ1v) is 7.92. The average Bonchev–Trinajstić information content (AvgIpc) is 2.89. The first-order chi connectivity index (χ1) is 8.85. The molecule has 0 bridgehead atoms. The highest BCUT2D eigenvalue weighted by Crippen LogP contribution is 2.25. The molecule has 1 aliphatic rings. The van der Waals surface area contributed by atoms with Crippen LogP contribution in [0.25, 0.3) is 0 Å². The zero-order valence-electron chi connectivity index (χ0n) is 11.2. The molecule has 0 amide bonds. The van der Waals surface area contributed by atoms with E-state index in [9.17, 15) is 0 Å². The van der Waals surface area contributed by atoms with Gasteiger partial charge in [-0.25, -0.2) is 9.97 Å². The summed E-state index contributed by atoms with van der Waals surface area (Å²) in [5, 5.41) is 6.95. The largest absolute Gasteiger partial charge is 0.370 e. The summed E-state index contributed by atoms with van der Waals surface area (Å²) in [6.45, 7) is 5.28. The quantitative estimate of drug-likeness (QED) is 0.829. The van der Waals surface area contributed by atoms with Crippen molar-refractivity contribution in [3.05, 3.63) is 11.9 Å². The fraction of sp³-hybridized carbons (Fsp3) is 0.692. The minimum atomic E-state index is 0.564. The molecule has 2 N–H and O–H groups in total. The molecule has 0 aromatic carbocycles. The summed E-state index contributed by atoms with van der Waals surface area (Å²) in [5.74, 6) is 4.44. The van der Waals surface area contributed by atoms with Gasteiger partial charge in [-0.1, -0.05) is 13.8 Å². The number of nitrogens with one attached hydrogen (secondary N) is 2. The molecular formula is C13H22N4S. The maximum Gasteiger partial charge on any atom is 0.134 e. The number of hydrogen-bond donors (Lipinski definition) is 2. The lowest BCUT2D eigenvalue weighted by atomic mass is 10.2. The number of hydrogen-bond acceptors (Lipinski definition) is 5. The third kappa shape index (κ3) is 3.28. The minimum Gasteiger partial charge on any atom is -0.370 e. The van der Waals surface area contributed by atoms with Crippen LogP contribution in [0.5, 0.6) is 0 Å². The Morgan fingerprint density at radius 3 is 2.83 bits per heavy atom. The molecule has 0 spiro atoms. The summed E-state index contributed by atoms with van der Waals surface area (Å²) >= 11 is 2.01. The van der Waals surface area contributed by atoms with Crippen molar-refractivity contribution in [2.75, 3.05) is 28.7 Å². The second-order valence-corrected chi connectivity index (χ2v) is 5.68. The molecule has 1 saturated heterocycles. The van der Waals surface area contributed by atoms with Crippen molar-refractivity contribution >= 4 is 23.4 Å². The lowest BCUT2D eigenvalue weighted by molar-refractivity contribution is 0.800. The SMILES string of the molecule is CCCNc1ncnc(NC2CCSC2)c1CC. The zero-order valence-corrected chi connectivity index (χ0v) is 12.0. The average molecular weight is 266 g/mol. The summed E-state index contributed by atoms with van der Waals surface area (Å²) < 4.78 is 0. The Hall–Kier alpha value is -0.970. The van der Waals surface area contributed by atoms with Crippen molar-refractivity contribution < 1.29 is 0 Å². The summed E-state index contributed by atoms with van der Waals surface area (Å²) in [6, 6.07) is 0.564. The van der Waals surface area contributed by atoms with Crippen molar-refractivity contribution in [3.8, 4) is 0 Å². The van der Waals surface area contributed by atoms with Crippen LogP contribution in [0.4, 0.5) is 11.6 Å². The van der Waals surface area contributed by atoms with Gasteiger partial charge in [-0.2, -0.15) is 11.8 Å². The van der Waals surface area contributed by atoms with Crippen LogP contribution in [0.2, 0.25) is 0 Å². The fourth-order valence-electron chi connectivity index (χ4n) is 2.11. The summed E-state index contributed by atoms with van der Waals surface area (Å²) in [7, 11) is 0. The predicted octanol–water partition coefficient (Wildman–Crippen LogP) is 2.78. The van der Waals surface area contributed by atoms with Crippen molar-refractivity contribution in [2.45, 2.75) is 39.2 Å². The maximum absolute atomic E-state index is 4.41. The summed E-state index contributed by atoms with van der Waals surface area (Å²) in [6.07, 6.45) is 4.95. The molecular weight excluding hydrogens is 244 g/mol. The summed E-state index contributed by atoms with van der Waals surface area (Å²) in [5.41, 5.74) is 1.21. The van der Waals surface area contributed by atoms with Crippen LogP contribution in [0.15, 0.2) is 6.33 Å². The Morgan fingerprint density at radius 2 is 2.17 bits per heavy atom. The van der Waals surface area contributed by atoms with Crippen LogP contribution in [0.1, 0.15) is 32.3 Å². The Morgan fingerprint density at radius 1 is 1.33 bits per heavy atom. The topological polar surface area (TPSA) is 49.8 Å². The second kappa shape index (κ2) is 6.83. The molecule has 1 aliphatic heterocycles. The molecule has 5 heteroatoms. The van der Waals surface area contributed by atoms with Crippen molar-refractivity contribution in [2.24, 2.45) is 0 Å². The first-order valence-electron chi connectivity index (χ1n) is 6.77. The number of nitrogens with zero attached hydrogens (tertiary/aromatic N) is 2. The fourth-order valence-corrected chi connectivity index (χ4v) is 3.26. The Balaban J connectivity index is 2.12. The van der Waals surface area contributed by atoms with Gasteiger partial charge in [0.2, 0.25) is 0 Å². The van der Waals surface area contributed by atoms with Crippen LogP contribution >= 0.6 is 11.8 Å². The van der Waals surface area contributed by atoms with E-state index in [0.29, 0.717) is 6.04 Å². The van der Waals surface area contributed by atoms with Gasteiger partial charge in [0.15, 0.2) is 0 Å². The third-order valence-electron chi connectivity index (χ3n) is 3.11. The molecule has 1 aromatic rings. The highest BCUT2D eigenvalue weighted by molar-refractivity contribution is 7.99. The molecule has 0 aliphatic carbocycles. The molecule has 1 unspecified atom stereocenters. The van der Waals surface area contributed by atoms with Gasteiger partial charge in [-0.05, 0) is 25.0 Å². The van der Waals surface area contributed by atoms with Gasteiger partial charge in [-0.15, -0.1) is 0 Å². The molecule has 0 saturated carbocycles. The van der Waals surface area contributed by atoms with Gasteiger partial charge in [0.25, 0.3) is 0 Å². The van der Waals surface area contributed by atoms with E-state index < -0.39 is 0 Å². The predicted molar refractivity (Wildman–Crippen MR) is 79.5 cm³/mol. The standard InChI is InChI=1S/C13H22N4S/c1-3-6-14-12-11(4-2)13(16-9-15-12)17-10-5-7-18-8-10/h9-10H,3-8H2,1-2H3,(H2,14,15,16,17). The molecule has 100 valence electrons. The Kier molecular flexibility index (Phi) is 5.11. The molecule has 2 heterocycles. The number of thioether (sulfide) groups is 1. The Labute approximate surface area is 113 Å². The van der Waals surface area contributed by atoms with Crippen molar-refractivity contribution in [3.63, 3.8) is 0 Å². The van der Waals surface area contributed by atoms with E-state index in [1.54, 1.807) is 6.33 Å². The Bertz CT molecular complexity index is 377. The van der Waals surface area contributed by atoms with Gasteiger partial charge in [0.1, 0.15) is 18.0 Å². The van der Waals surface area contributed by atoms with E-state index in [1.165, 1.54) is 23.5 Å². The lowest BCUT2D eigenvalue weighted by Crippen LogP contribution is -2.21. The molecule has 1 fully saturated rings. The van der Waals surface area contributed by atoms with Crippen molar-refractivity contribution in [1.82, 2.24) is 9.97 Å². The lowest BCUT2D eigenvalue weighted by Gasteiger charge is -2.17. The van der Waals surface area contributed by atoms with Crippen LogP contribution in [-0.2, 0) is 6.42 Å². The van der Waals surface area contributed by atoms with Crippen LogP contribution in [0, 0.1) is 0 Å². The monoisotopic (exact) mass is 266 g/mol. The highest BCUT2D eigenvalue weighted by atomic mass is 32.2. The van der Waals surface area contributed by atoms with Gasteiger partial charge >= 0.3 is 0 Å². The van der Waals surface area contributed by atoms with E-state index >= 15 is 0 Å². The molecule has 18 heavy (non-hydrogen) atoms. The second-order valence-electron chi connectivity index (χ2n) is 4.53. The van der Waals surface area contributed by atoms with E-state index in [1.807, 2.05) is 11.8 Å². The smallest absolute Gasteiger partial charge is 0.134 e. The van der Waals surface area contributed by atoms with E-state index in [4.69, 9.17) is 0 Å². The molecule has 1 aromatic heterocycles. The van der Waals surface area contributed by atoms with Gasteiger partial charge in [0, 0.05) is 23.9 Å². The number of rotatable bonds is 6. The zero-order chi connectivity index (χ0) is 12.8. The molecule has 2 rings (SSSR count). The first kappa shape index (κ1) is 13.5. The number of anilines is 2. The summed E-state index contributed by atoms with van der Waals surface area (Å²) in [4.78, 5) is 8.77. The van der Waals surface area contributed by atoms with Crippen LogP contribution in [-0.4, -0.2) is 34.1 Å². The van der Waals surface area contributed by atoms with Crippen LogP contribution in [0.3, 0.4) is 0 Å². The molecule has 0 radical (unpaired) electrons. The van der Waals surface area contributed by atoms with Gasteiger partial charge in [0.05, 0.1) is 0 Å². The normalized spacial score (nSPS) is 18.9. The van der Waals surface area contributed by atoms with Gasteiger partial charge < -0.3 is 10.6 Å². The maximum atomic E-state index is 4.41. The van der Waals surface area contributed by atoms with Crippen molar-refractivity contribution in [1.29, 1.82) is 0 Å². The van der Waals surface area contributed by atoms with E-state index in [0.717, 1.165) is 31.0 Å². The molecule has 4 nitrogen and oxygen atoms in total.